The van der Waals surface area contributed by atoms with Crippen LogP contribution >= 0.6 is 11.3 Å². The van der Waals surface area contributed by atoms with Crippen molar-refractivity contribution < 1.29 is 4.79 Å². The third-order valence-electron chi connectivity index (χ3n) is 3.96. The molecule has 3 rings (SSSR count). The van der Waals surface area contributed by atoms with Crippen molar-refractivity contribution in [3.63, 3.8) is 0 Å². The zero-order chi connectivity index (χ0) is 16.9. The Kier molecular flexibility index (Phi) is 5.05. The first-order valence-electron chi connectivity index (χ1n) is 7.92. The van der Waals surface area contributed by atoms with Gasteiger partial charge in [-0.15, -0.1) is 0 Å². The first kappa shape index (κ1) is 16.4. The van der Waals surface area contributed by atoms with Crippen molar-refractivity contribution in [1.82, 2.24) is 15.1 Å². The summed E-state index contributed by atoms with van der Waals surface area (Å²) in [5.74, 6) is -0.0333. The summed E-state index contributed by atoms with van der Waals surface area (Å²) >= 11 is 1.58. The number of aromatic nitrogens is 2. The Balaban J connectivity index is 1.72. The van der Waals surface area contributed by atoms with E-state index in [9.17, 15) is 9.59 Å². The number of thiophene rings is 1. The summed E-state index contributed by atoms with van der Waals surface area (Å²) in [6, 6.07) is 9.21. The van der Waals surface area contributed by atoms with Crippen LogP contribution in [0.4, 0.5) is 0 Å². The Labute approximate surface area is 143 Å². The molecule has 24 heavy (non-hydrogen) atoms. The van der Waals surface area contributed by atoms with Gasteiger partial charge in [-0.3, -0.25) is 9.59 Å². The quantitative estimate of drug-likeness (QED) is 0.749. The summed E-state index contributed by atoms with van der Waals surface area (Å²) in [5.41, 5.74) is 0.881. The summed E-state index contributed by atoms with van der Waals surface area (Å²) in [5, 5.41) is 12.6. The maximum Gasteiger partial charge on any atom is 0.274 e. The lowest BCUT2D eigenvalue weighted by Gasteiger charge is -2.17. The first-order chi connectivity index (χ1) is 11.7. The van der Waals surface area contributed by atoms with Gasteiger partial charge in [0.05, 0.1) is 24.5 Å². The average molecular weight is 341 g/mol. The molecule has 5 nitrogen and oxygen atoms in total. The molecule has 1 atom stereocenters. The van der Waals surface area contributed by atoms with Crippen LogP contribution in [0.1, 0.15) is 18.9 Å². The van der Waals surface area contributed by atoms with Crippen LogP contribution in [0.5, 0.6) is 0 Å². The monoisotopic (exact) mass is 341 g/mol. The number of rotatable bonds is 6. The van der Waals surface area contributed by atoms with E-state index in [0.717, 1.165) is 17.4 Å². The zero-order valence-corrected chi connectivity index (χ0v) is 14.3. The summed E-state index contributed by atoms with van der Waals surface area (Å²) in [4.78, 5) is 24.7. The number of benzene rings is 1. The molecule has 6 heteroatoms. The highest BCUT2D eigenvalue weighted by molar-refractivity contribution is 7.08. The van der Waals surface area contributed by atoms with Crippen molar-refractivity contribution in [3.05, 3.63) is 63.2 Å². The van der Waals surface area contributed by atoms with Crippen molar-refractivity contribution in [2.24, 2.45) is 0 Å². The van der Waals surface area contributed by atoms with Gasteiger partial charge in [-0.05, 0) is 34.9 Å². The highest BCUT2D eigenvalue weighted by atomic mass is 32.1. The minimum atomic E-state index is -0.126. The molecule has 1 N–H and O–H groups in total. The van der Waals surface area contributed by atoms with Gasteiger partial charge in [0, 0.05) is 11.4 Å². The molecule has 0 aliphatic carbocycles. The van der Waals surface area contributed by atoms with E-state index in [2.05, 4.69) is 10.4 Å². The van der Waals surface area contributed by atoms with Crippen LogP contribution in [-0.2, 0) is 17.8 Å². The second-order valence-corrected chi connectivity index (χ2v) is 6.48. The van der Waals surface area contributed by atoms with Gasteiger partial charge >= 0.3 is 0 Å². The molecule has 124 valence electrons. The number of nitrogens with one attached hydrogen (secondary N) is 1. The molecule has 2 aromatic heterocycles. The Bertz CT molecular complexity index is 887. The Morgan fingerprint density at radius 2 is 2.17 bits per heavy atom. The van der Waals surface area contributed by atoms with Gasteiger partial charge in [0.2, 0.25) is 5.91 Å². The van der Waals surface area contributed by atoms with E-state index in [1.54, 1.807) is 23.6 Å². The van der Waals surface area contributed by atoms with Crippen molar-refractivity contribution in [3.8, 4) is 0 Å². The van der Waals surface area contributed by atoms with Gasteiger partial charge in [0.15, 0.2) is 0 Å². The Morgan fingerprint density at radius 3 is 2.92 bits per heavy atom. The predicted octanol–water partition coefficient (Wildman–Crippen LogP) is 2.60. The lowest BCUT2D eigenvalue weighted by atomic mass is 10.1. The molecular weight excluding hydrogens is 322 g/mol. The van der Waals surface area contributed by atoms with Crippen LogP contribution in [-0.4, -0.2) is 21.7 Å². The molecule has 0 spiro atoms. The van der Waals surface area contributed by atoms with E-state index in [4.69, 9.17) is 0 Å². The van der Waals surface area contributed by atoms with Crippen molar-refractivity contribution in [2.75, 3.05) is 0 Å². The number of amides is 1. The molecule has 0 saturated carbocycles. The lowest BCUT2D eigenvalue weighted by molar-refractivity contribution is -0.121. The fourth-order valence-electron chi connectivity index (χ4n) is 2.60. The lowest BCUT2D eigenvalue weighted by Crippen LogP contribution is -2.41. The molecule has 0 radical (unpaired) electrons. The van der Waals surface area contributed by atoms with Gasteiger partial charge in [-0.25, -0.2) is 4.68 Å². The third-order valence-corrected chi connectivity index (χ3v) is 4.69. The van der Waals surface area contributed by atoms with Crippen molar-refractivity contribution in [1.29, 1.82) is 0 Å². The maximum atomic E-state index is 12.5. The maximum absolute atomic E-state index is 12.5. The largest absolute Gasteiger partial charge is 0.351 e. The molecule has 0 aliphatic heterocycles. The predicted molar refractivity (Wildman–Crippen MR) is 96.2 cm³/mol. The number of fused-ring (bicyclic) bond motifs is 1. The van der Waals surface area contributed by atoms with Crippen LogP contribution in [0.15, 0.2) is 52.1 Å². The number of carbonyl (C=O) groups is 1. The molecule has 0 fully saturated rings. The molecule has 1 amide bonds. The molecule has 0 aliphatic rings. The summed E-state index contributed by atoms with van der Waals surface area (Å²) in [7, 11) is 0. The Morgan fingerprint density at radius 1 is 1.33 bits per heavy atom. The van der Waals surface area contributed by atoms with Crippen molar-refractivity contribution >= 4 is 28.0 Å². The van der Waals surface area contributed by atoms with Gasteiger partial charge in [0.1, 0.15) is 0 Å². The number of carbonyl (C=O) groups excluding carboxylic acids is 1. The van der Waals surface area contributed by atoms with Crippen LogP contribution in [0.2, 0.25) is 0 Å². The number of nitrogens with zero attached hydrogens (tertiary/aromatic N) is 2. The van der Waals surface area contributed by atoms with Crippen LogP contribution in [0.3, 0.4) is 0 Å². The zero-order valence-electron chi connectivity index (χ0n) is 13.4. The molecule has 0 unspecified atom stereocenters. The number of hydrogen-bond donors (Lipinski definition) is 1. The molecule has 1 aromatic carbocycles. The van der Waals surface area contributed by atoms with E-state index in [0.29, 0.717) is 18.4 Å². The highest BCUT2D eigenvalue weighted by Crippen LogP contribution is 2.08. The van der Waals surface area contributed by atoms with E-state index in [1.807, 2.05) is 41.9 Å². The first-order valence-corrected chi connectivity index (χ1v) is 8.87. The highest BCUT2D eigenvalue weighted by Gasteiger charge is 2.14. The molecule has 0 saturated heterocycles. The Hall–Kier alpha value is -2.47. The van der Waals surface area contributed by atoms with Gasteiger partial charge < -0.3 is 5.32 Å². The third kappa shape index (κ3) is 3.71. The van der Waals surface area contributed by atoms with E-state index in [1.165, 1.54) is 4.68 Å². The van der Waals surface area contributed by atoms with Gasteiger partial charge in [-0.2, -0.15) is 16.4 Å². The van der Waals surface area contributed by atoms with Crippen LogP contribution in [0.25, 0.3) is 10.8 Å². The van der Waals surface area contributed by atoms with E-state index in [-0.39, 0.29) is 17.5 Å². The molecule has 2 heterocycles. The number of hydrogen-bond acceptors (Lipinski definition) is 4. The topological polar surface area (TPSA) is 64.0 Å². The molecule has 3 aromatic rings. The minimum absolute atomic E-state index is 0.0333. The SMILES string of the molecule is CC[C@H](Cn1ncc2ccccc2c1=O)NC(=O)Cc1ccsc1. The summed E-state index contributed by atoms with van der Waals surface area (Å²) in [6.45, 7) is 2.36. The van der Waals surface area contributed by atoms with Gasteiger partial charge in [-0.1, -0.05) is 25.1 Å². The fraction of sp³-hybridized carbons (Fsp3) is 0.278. The fourth-order valence-corrected chi connectivity index (χ4v) is 3.27. The van der Waals surface area contributed by atoms with E-state index < -0.39 is 0 Å². The second kappa shape index (κ2) is 7.40. The van der Waals surface area contributed by atoms with Gasteiger partial charge in [0.25, 0.3) is 5.56 Å². The summed E-state index contributed by atoms with van der Waals surface area (Å²) in [6.07, 6.45) is 2.78. The molecular formula is C18H19N3O2S. The van der Waals surface area contributed by atoms with Crippen LogP contribution in [0, 0.1) is 0 Å². The normalized spacial score (nSPS) is 12.2. The van der Waals surface area contributed by atoms with Crippen molar-refractivity contribution in [2.45, 2.75) is 32.4 Å². The smallest absolute Gasteiger partial charge is 0.274 e. The summed E-state index contributed by atoms with van der Waals surface area (Å²) < 4.78 is 1.43. The second-order valence-electron chi connectivity index (χ2n) is 5.70. The molecule has 0 bridgehead atoms. The van der Waals surface area contributed by atoms with E-state index >= 15 is 0 Å². The average Bonchev–Trinajstić information content (AvgIpc) is 3.09. The standard InChI is InChI=1S/C18H19N3O2S/c1-2-15(20-17(22)9-13-7-8-24-12-13)11-21-18(23)16-6-4-3-5-14(16)10-19-21/h3-8,10,12,15H,2,9,11H2,1H3,(H,20,22)/t15-/m1/s1. The minimum Gasteiger partial charge on any atom is -0.351 e. The van der Waals surface area contributed by atoms with Crippen LogP contribution < -0.4 is 10.9 Å².